The molecule has 136 valence electrons. The quantitative estimate of drug-likeness (QED) is 0.859. The van der Waals surface area contributed by atoms with Gasteiger partial charge in [0.2, 0.25) is 5.60 Å². The Balaban J connectivity index is 1.99. The summed E-state index contributed by atoms with van der Waals surface area (Å²) in [5.41, 5.74) is -1.75. The largest absolute Gasteiger partial charge is 0.426 e. The number of pyridine rings is 1. The van der Waals surface area contributed by atoms with Gasteiger partial charge in [0.05, 0.1) is 5.69 Å². The van der Waals surface area contributed by atoms with E-state index in [9.17, 15) is 27.9 Å². The fourth-order valence-electron chi connectivity index (χ4n) is 2.79. The van der Waals surface area contributed by atoms with E-state index in [2.05, 4.69) is 10.3 Å². The normalized spacial score (nSPS) is 16.1. The number of nitrogens with one attached hydrogen (secondary N) is 1. The molecule has 1 aromatic heterocycles. The number of hydrogen-bond donors (Lipinski definition) is 2. The van der Waals surface area contributed by atoms with E-state index in [0.717, 1.165) is 0 Å². The summed E-state index contributed by atoms with van der Waals surface area (Å²) in [4.78, 5) is 28.9. The summed E-state index contributed by atoms with van der Waals surface area (Å²) in [5, 5.41) is 11.6. The van der Waals surface area contributed by atoms with Crippen LogP contribution in [-0.2, 0) is 17.6 Å². The lowest BCUT2D eigenvalue weighted by Gasteiger charge is -2.25. The van der Waals surface area contributed by atoms with Crippen molar-refractivity contribution in [2.45, 2.75) is 31.5 Å². The molecule has 2 aromatic rings. The molecule has 1 atom stereocenters. The second-order valence-corrected chi connectivity index (χ2v) is 6.18. The van der Waals surface area contributed by atoms with Crippen LogP contribution in [0.2, 0.25) is 0 Å². The number of aromatic nitrogens is 1. The van der Waals surface area contributed by atoms with E-state index in [1.807, 2.05) is 0 Å². The van der Waals surface area contributed by atoms with Crippen molar-refractivity contribution in [3.63, 3.8) is 0 Å². The number of aliphatic hydroxyl groups is 1. The maximum atomic E-state index is 12.9. The predicted molar refractivity (Wildman–Crippen MR) is 86.8 cm³/mol. The van der Waals surface area contributed by atoms with Crippen LogP contribution >= 0.6 is 0 Å². The van der Waals surface area contributed by atoms with Crippen LogP contribution in [-0.4, -0.2) is 33.6 Å². The average molecular weight is 364 g/mol. The van der Waals surface area contributed by atoms with Gasteiger partial charge in [0.1, 0.15) is 0 Å². The van der Waals surface area contributed by atoms with Gasteiger partial charge in [-0.2, -0.15) is 13.2 Å². The zero-order chi connectivity index (χ0) is 19.1. The fourth-order valence-corrected chi connectivity index (χ4v) is 2.79. The first kappa shape index (κ1) is 18.1. The number of carbonyl (C=O) groups excluding carboxylic acids is 2. The molecule has 1 unspecified atom stereocenters. The minimum atomic E-state index is -5.13. The highest BCUT2D eigenvalue weighted by molar-refractivity contribution is 6.12. The maximum Gasteiger partial charge on any atom is 0.426 e. The molecule has 0 saturated carbocycles. The summed E-state index contributed by atoms with van der Waals surface area (Å²) < 4.78 is 38.6. The summed E-state index contributed by atoms with van der Waals surface area (Å²) in [6, 6.07) is 7.70. The van der Waals surface area contributed by atoms with Gasteiger partial charge in [-0.3, -0.25) is 14.6 Å². The number of aryl methyl sites for hydroxylation is 1. The second-order valence-electron chi connectivity index (χ2n) is 6.18. The van der Waals surface area contributed by atoms with Crippen LogP contribution in [0.25, 0.3) is 0 Å². The number of halogens is 3. The first-order valence-electron chi connectivity index (χ1n) is 7.84. The molecule has 0 spiro atoms. The van der Waals surface area contributed by atoms with Crippen molar-refractivity contribution in [2.24, 2.45) is 0 Å². The lowest BCUT2D eigenvalue weighted by atomic mass is 9.97. The van der Waals surface area contributed by atoms with E-state index in [1.165, 1.54) is 12.1 Å². The highest BCUT2D eigenvalue weighted by atomic mass is 19.4. The molecule has 0 fully saturated rings. The number of nitrogens with zero attached hydrogens (tertiary/aromatic N) is 1. The lowest BCUT2D eigenvalue weighted by Crippen LogP contribution is -2.52. The molecule has 5 nitrogen and oxygen atoms in total. The van der Waals surface area contributed by atoms with E-state index < -0.39 is 17.7 Å². The third-order valence-corrected chi connectivity index (χ3v) is 4.41. The minimum absolute atomic E-state index is 0.0678. The first-order valence-corrected chi connectivity index (χ1v) is 7.84. The number of amides is 1. The summed E-state index contributed by atoms with van der Waals surface area (Å²) >= 11 is 0. The summed E-state index contributed by atoms with van der Waals surface area (Å²) in [6.07, 6.45) is -2.85. The molecule has 26 heavy (non-hydrogen) atoms. The topological polar surface area (TPSA) is 79.3 Å². The van der Waals surface area contributed by atoms with Gasteiger partial charge in [-0.05, 0) is 43.5 Å². The lowest BCUT2D eigenvalue weighted by molar-refractivity contribution is -0.242. The van der Waals surface area contributed by atoms with Gasteiger partial charge in [-0.15, -0.1) is 0 Å². The van der Waals surface area contributed by atoms with E-state index in [0.29, 0.717) is 42.1 Å². The molecule has 1 heterocycles. The third-order valence-electron chi connectivity index (χ3n) is 4.41. The van der Waals surface area contributed by atoms with Gasteiger partial charge in [0, 0.05) is 23.0 Å². The molecule has 1 aromatic carbocycles. The standard InChI is InChI=1S/C18H15F3N2O3/c1-17(26,18(19,20)21)16(25)23-14-6-2-4-11-10(14)7-8-13-12(15(11)24)5-3-9-22-13/h2-6,9,26H,7-8H2,1H3,(H,23,25). The van der Waals surface area contributed by atoms with Crippen LogP contribution in [0.15, 0.2) is 36.5 Å². The van der Waals surface area contributed by atoms with Crippen LogP contribution in [0, 0.1) is 0 Å². The van der Waals surface area contributed by atoms with Crippen molar-refractivity contribution in [1.29, 1.82) is 0 Å². The molecular weight excluding hydrogens is 349 g/mol. The Bertz CT molecular complexity index is 891. The smallest absolute Gasteiger partial charge is 0.373 e. The van der Waals surface area contributed by atoms with Crippen LogP contribution < -0.4 is 5.32 Å². The van der Waals surface area contributed by atoms with Crippen LogP contribution in [0.1, 0.15) is 34.1 Å². The van der Waals surface area contributed by atoms with Gasteiger partial charge in [-0.25, -0.2) is 0 Å². The molecule has 2 N–H and O–H groups in total. The van der Waals surface area contributed by atoms with Gasteiger partial charge >= 0.3 is 6.18 Å². The van der Waals surface area contributed by atoms with Gasteiger partial charge in [-0.1, -0.05) is 12.1 Å². The van der Waals surface area contributed by atoms with Crippen LogP contribution in [0.5, 0.6) is 0 Å². The third kappa shape index (κ3) is 2.96. The zero-order valence-corrected chi connectivity index (χ0v) is 13.7. The Morgan fingerprint density at radius 2 is 1.85 bits per heavy atom. The number of rotatable bonds is 2. The van der Waals surface area contributed by atoms with Crippen molar-refractivity contribution >= 4 is 17.4 Å². The number of benzene rings is 1. The molecule has 3 rings (SSSR count). The maximum absolute atomic E-state index is 12.9. The molecule has 8 heteroatoms. The highest BCUT2D eigenvalue weighted by Gasteiger charge is 2.55. The Kier molecular flexibility index (Phi) is 4.31. The average Bonchev–Trinajstić information content (AvgIpc) is 2.72. The Morgan fingerprint density at radius 1 is 1.15 bits per heavy atom. The Hall–Kier alpha value is -2.74. The number of hydrogen-bond acceptors (Lipinski definition) is 4. The SMILES string of the molecule is CC(O)(C(=O)Nc1cccc2c1CCc1ncccc1C2=O)C(F)(F)F. The second kappa shape index (κ2) is 6.21. The molecule has 1 aliphatic carbocycles. The molecule has 1 aliphatic rings. The zero-order valence-electron chi connectivity index (χ0n) is 13.7. The monoisotopic (exact) mass is 364 g/mol. The van der Waals surface area contributed by atoms with Crippen molar-refractivity contribution in [3.8, 4) is 0 Å². The highest BCUT2D eigenvalue weighted by Crippen LogP contribution is 2.33. The fraction of sp³-hybridized carbons (Fsp3) is 0.278. The first-order chi connectivity index (χ1) is 12.1. The van der Waals surface area contributed by atoms with E-state index in [-0.39, 0.29) is 11.5 Å². The van der Waals surface area contributed by atoms with Gasteiger partial charge < -0.3 is 10.4 Å². The van der Waals surface area contributed by atoms with Crippen LogP contribution in [0.4, 0.5) is 18.9 Å². The molecule has 0 saturated heterocycles. The van der Waals surface area contributed by atoms with Crippen molar-refractivity contribution < 1.29 is 27.9 Å². The number of anilines is 1. The van der Waals surface area contributed by atoms with Crippen molar-refractivity contribution in [1.82, 2.24) is 4.98 Å². The van der Waals surface area contributed by atoms with E-state index in [1.54, 1.807) is 24.4 Å². The Morgan fingerprint density at radius 3 is 2.54 bits per heavy atom. The summed E-state index contributed by atoms with van der Waals surface area (Å²) in [7, 11) is 0. The Labute approximate surface area is 146 Å². The van der Waals surface area contributed by atoms with Crippen LogP contribution in [0.3, 0.4) is 0 Å². The number of ketones is 1. The van der Waals surface area contributed by atoms with Crippen molar-refractivity contribution in [2.75, 3.05) is 5.32 Å². The van der Waals surface area contributed by atoms with E-state index in [4.69, 9.17) is 0 Å². The number of alkyl halides is 3. The summed E-state index contributed by atoms with van der Waals surface area (Å²) in [5.74, 6) is -1.91. The van der Waals surface area contributed by atoms with Gasteiger partial charge in [0.25, 0.3) is 5.91 Å². The summed E-state index contributed by atoms with van der Waals surface area (Å²) in [6.45, 7) is 0.384. The molecule has 0 bridgehead atoms. The number of fused-ring (bicyclic) bond motifs is 2. The molecule has 1 amide bonds. The van der Waals surface area contributed by atoms with E-state index >= 15 is 0 Å². The number of carbonyl (C=O) groups is 2. The van der Waals surface area contributed by atoms with Crippen molar-refractivity contribution in [3.05, 3.63) is 58.9 Å². The molecule has 0 aliphatic heterocycles. The predicted octanol–water partition coefficient (Wildman–Crippen LogP) is 2.66. The van der Waals surface area contributed by atoms with Gasteiger partial charge in [0.15, 0.2) is 5.78 Å². The molecular formula is C18H15F3N2O3. The molecule has 0 radical (unpaired) electrons. The minimum Gasteiger partial charge on any atom is -0.373 e.